The van der Waals surface area contributed by atoms with Crippen LogP contribution < -0.4 is 4.74 Å². The van der Waals surface area contributed by atoms with Crippen molar-refractivity contribution in [3.05, 3.63) is 65.5 Å². The number of carbonyl (C=O) groups is 1. The summed E-state index contributed by atoms with van der Waals surface area (Å²) in [5, 5.41) is 0. The summed E-state index contributed by atoms with van der Waals surface area (Å²) in [4.78, 5) is 12.1. The van der Waals surface area contributed by atoms with Crippen molar-refractivity contribution < 1.29 is 13.9 Å². The molecule has 1 fully saturated rings. The Morgan fingerprint density at radius 2 is 1.47 bits per heavy atom. The molecule has 0 radical (unpaired) electrons. The Labute approximate surface area is 110 Å². The van der Waals surface area contributed by atoms with E-state index in [0.29, 0.717) is 17.2 Å². The molecule has 0 unspecified atom stereocenters. The van der Waals surface area contributed by atoms with Gasteiger partial charge < -0.3 is 4.74 Å². The average molecular weight is 256 g/mol. The zero-order valence-corrected chi connectivity index (χ0v) is 10.3. The molecule has 0 aliphatic heterocycles. The average Bonchev–Trinajstić information content (AvgIpc) is 3.24. The van der Waals surface area contributed by atoms with Gasteiger partial charge in [0.05, 0.1) is 6.10 Å². The summed E-state index contributed by atoms with van der Waals surface area (Å²) >= 11 is 0. The van der Waals surface area contributed by atoms with Gasteiger partial charge in [0.2, 0.25) is 0 Å². The molecule has 2 aromatic rings. The lowest BCUT2D eigenvalue weighted by molar-refractivity contribution is 0.103. The maximum absolute atomic E-state index is 12.8. The summed E-state index contributed by atoms with van der Waals surface area (Å²) in [6, 6.07) is 12.6. The van der Waals surface area contributed by atoms with Crippen LogP contribution in [0.5, 0.6) is 5.75 Å². The Kier molecular flexibility index (Phi) is 3.03. The molecular weight excluding hydrogens is 243 g/mol. The summed E-state index contributed by atoms with van der Waals surface area (Å²) in [6.07, 6.45) is 2.56. The zero-order chi connectivity index (χ0) is 13.2. The van der Waals surface area contributed by atoms with E-state index in [9.17, 15) is 9.18 Å². The van der Waals surface area contributed by atoms with Gasteiger partial charge in [0, 0.05) is 11.1 Å². The lowest BCUT2D eigenvalue weighted by Gasteiger charge is -2.05. The molecule has 0 amide bonds. The highest BCUT2D eigenvalue weighted by molar-refractivity contribution is 6.08. The van der Waals surface area contributed by atoms with Gasteiger partial charge in [-0.15, -0.1) is 0 Å². The maximum atomic E-state index is 12.8. The third-order valence-corrected chi connectivity index (χ3v) is 3.05. The molecule has 3 heteroatoms. The molecule has 0 bridgehead atoms. The van der Waals surface area contributed by atoms with Crippen molar-refractivity contribution in [3.63, 3.8) is 0 Å². The smallest absolute Gasteiger partial charge is 0.193 e. The SMILES string of the molecule is O=C(c1ccc(F)cc1)c1ccc(OC2CC2)cc1. The number of hydrogen-bond acceptors (Lipinski definition) is 2. The molecular formula is C16H13FO2. The molecule has 0 N–H and O–H groups in total. The zero-order valence-electron chi connectivity index (χ0n) is 10.3. The first kappa shape index (κ1) is 11.9. The normalized spacial score (nSPS) is 14.2. The van der Waals surface area contributed by atoms with E-state index in [1.165, 1.54) is 24.3 Å². The van der Waals surface area contributed by atoms with Gasteiger partial charge in [-0.1, -0.05) is 0 Å². The molecule has 3 rings (SSSR count). The first-order chi connectivity index (χ1) is 9.22. The molecule has 0 heterocycles. The van der Waals surface area contributed by atoms with Crippen molar-refractivity contribution in [2.45, 2.75) is 18.9 Å². The van der Waals surface area contributed by atoms with Crippen molar-refractivity contribution in [2.24, 2.45) is 0 Å². The number of rotatable bonds is 4. The van der Waals surface area contributed by atoms with Crippen LogP contribution in [0.2, 0.25) is 0 Å². The summed E-state index contributed by atoms with van der Waals surface area (Å²) < 4.78 is 18.4. The third kappa shape index (κ3) is 2.81. The van der Waals surface area contributed by atoms with Crippen molar-refractivity contribution in [1.82, 2.24) is 0 Å². The van der Waals surface area contributed by atoms with Gasteiger partial charge >= 0.3 is 0 Å². The lowest BCUT2D eigenvalue weighted by Crippen LogP contribution is -2.02. The molecule has 2 aromatic carbocycles. The highest BCUT2D eigenvalue weighted by Gasteiger charge is 2.23. The number of hydrogen-bond donors (Lipinski definition) is 0. The minimum atomic E-state index is -0.343. The molecule has 2 nitrogen and oxygen atoms in total. The molecule has 0 aromatic heterocycles. The summed E-state index contributed by atoms with van der Waals surface area (Å²) in [5.74, 6) is 0.334. The molecule has 1 aliphatic rings. The maximum Gasteiger partial charge on any atom is 0.193 e. The number of benzene rings is 2. The molecule has 1 aliphatic carbocycles. The molecule has 0 saturated heterocycles. The predicted molar refractivity (Wildman–Crippen MR) is 69.9 cm³/mol. The number of ketones is 1. The second-order valence-electron chi connectivity index (χ2n) is 4.68. The van der Waals surface area contributed by atoms with E-state index >= 15 is 0 Å². The topological polar surface area (TPSA) is 26.3 Å². The van der Waals surface area contributed by atoms with Gasteiger partial charge in [0.15, 0.2) is 5.78 Å². The van der Waals surface area contributed by atoms with Crippen molar-refractivity contribution >= 4 is 5.78 Å². The standard InChI is InChI=1S/C16H13FO2/c17-13-5-1-11(2-6-13)16(18)12-3-7-14(8-4-12)19-15-9-10-15/h1-8,15H,9-10H2. The van der Waals surface area contributed by atoms with Gasteiger partial charge in [-0.05, 0) is 61.4 Å². The Morgan fingerprint density at radius 3 is 2.00 bits per heavy atom. The van der Waals surface area contributed by atoms with Crippen LogP contribution in [0, 0.1) is 5.82 Å². The van der Waals surface area contributed by atoms with E-state index in [4.69, 9.17) is 4.74 Å². The van der Waals surface area contributed by atoms with Crippen LogP contribution in [0.4, 0.5) is 4.39 Å². The van der Waals surface area contributed by atoms with Crippen molar-refractivity contribution in [2.75, 3.05) is 0 Å². The number of carbonyl (C=O) groups excluding carboxylic acids is 1. The number of ether oxygens (including phenoxy) is 1. The van der Waals surface area contributed by atoms with Gasteiger partial charge in [-0.2, -0.15) is 0 Å². The summed E-state index contributed by atoms with van der Waals surface area (Å²) in [6.45, 7) is 0. The van der Waals surface area contributed by atoms with Gasteiger partial charge in [-0.3, -0.25) is 4.79 Å². The second-order valence-corrected chi connectivity index (χ2v) is 4.68. The van der Waals surface area contributed by atoms with Crippen LogP contribution in [-0.4, -0.2) is 11.9 Å². The molecule has 0 atom stereocenters. The summed E-state index contributed by atoms with van der Waals surface area (Å²) in [7, 11) is 0. The Balaban J connectivity index is 1.77. The Hall–Kier alpha value is -2.16. The fraction of sp³-hybridized carbons (Fsp3) is 0.188. The first-order valence-corrected chi connectivity index (χ1v) is 6.29. The highest BCUT2D eigenvalue weighted by atomic mass is 19.1. The fourth-order valence-electron chi connectivity index (χ4n) is 1.83. The van der Waals surface area contributed by atoms with Crippen LogP contribution in [-0.2, 0) is 0 Å². The quantitative estimate of drug-likeness (QED) is 0.781. The van der Waals surface area contributed by atoms with Crippen LogP contribution in [0.25, 0.3) is 0 Å². The third-order valence-electron chi connectivity index (χ3n) is 3.05. The monoisotopic (exact) mass is 256 g/mol. The fourth-order valence-corrected chi connectivity index (χ4v) is 1.83. The van der Waals surface area contributed by atoms with Crippen molar-refractivity contribution in [1.29, 1.82) is 0 Å². The van der Waals surface area contributed by atoms with Gasteiger partial charge in [0.25, 0.3) is 0 Å². The van der Waals surface area contributed by atoms with Crippen molar-refractivity contribution in [3.8, 4) is 5.75 Å². The molecule has 96 valence electrons. The Bertz CT molecular complexity index is 583. The number of halogens is 1. The first-order valence-electron chi connectivity index (χ1n) is 6.29. The van der Waals surface area contributed by atoms with E-state index in [-0.39, 0.29) is 11.6 Å². The minimum absolute atomic E-state index is 0.113. The van der Waals surface area contributed by atoms with Gasteiger partial charge in [-0.25, -0.2) is 4.39 Å². The predicted octanol–water partition coefficient (Wildman–Crippen LogP) is 3.60. The Morgan fingerprint density at radius 1 is 0.947 bits per heavy atom. The minimum Gasteiger partial charge on any atom is -0.490 e. The lowest BCUT2D eigenvalue weighted by atomic mass is 10.0. The largest absolute Gasteiger partial charge is 0.490 e. The molecule has 0 spiro atoms. The van der Waals surface area contributed by atoms with Crippen LogP contribution in [0.1, 0.15) is 28.8 Å². The van der Waals surface area contributed by atoms with E-state index < -0.39 is 0 Å². The van der Waals surface area contributed by atoms with E-state index in [0.717, 1.165) is 18.6 Å². The van der Waals surface area contributed by atoms with E-state index in [1.54, 1.807) is 24.3 Å². The van der Waals surface area contributed by atoms with E-state index in [1.807, 2.05) is 0 Å². The highest BCUT2D eigenvalue weighted by Crippen LogP contribution is 2.27. The molecule has 19 heavy (non-hydrogen) atoms. The van der Waals surface area contributed by atoms with Gasteiger partial charge in [0.1, 0.15) is 11.6 Å². The van der Waals surface area contributed by atoms with Crippen LogP contribution >= 0.6 is 0 Å². The second kappa shape index (κ2) is 4.84. The molecule has 1 saturated carbocycles. The summed E-state index contributed by atoms with van der Waals surface area (Å²) in [5.41, 5.74) is 1.06. The van der Waals surface area contributed by atoms with E-state index in [2.05, 4.69) is 0 Å². The van der Waals surface area contributed by atoms with Crippen LogP contribution in [0.15, 0.2) is 48.5 Å². The van der Waals surface area contributed by atoms with Crippen LogP contribution in [0.3, 0.4) is 0 Å².